The molecule has 2 fully saturated rings. The van der Waals surface area contributed by atoms with E-state index in [9.17, 15) is 9.90 Å². The number of β-amino-alcohol motifs (C(OH)–C–C–N with tert-alkyl or cyclic N) is 1. The fraction of sp³-hybridized carbons (Fsp3) is 0.552. The average molecular weight is 522 g/mol. The first-order valence-corrected chi connectivity index (χ1v) is 14.3. The van der Waals surface area contributed by atoms with Crippen molar-refractivity contribution in [2.75, 3.05) is 13.1 Å². The minimum absolute atomic E-state index is 0.0144. The van der Waals surface area contributed by atoms with Crippen molar-refractivity contribution >= 4 is 17.2 Å². The van der Waals surface area contributed by atoms with E-state index in [-0.39, 0.29) is 23.4 Å². The molecule has 3 aromatic rings. The summed E-state index contributed by atoms with van der Waals surface area (Å²) in [6.07, 6.45) is 7.34. The maximum Gasteiger partial charge on any atom is 0.248 e. The summed E-state index contributed by atoms with van der Waals surface area (Å²) in [4.78, 5) is 21.4. The van der Waals surface area contributed by atoms with Crippen molar-refractivity contribution in [1.82, 2.24) is 25.0 Å². The zero-order chi connectivity index (χ0) is 26.2. The van der Waals surface area contributed by atoms with Gasteiger partial charge in [0.1, 0.15) is 6.04 Å². The highest BCUT2D eigenvalue weighted by atomic mass is 32.1. The van der Waals surface area contributed by atoms with Crippen LogP contribution in [0.4, 0.5) is 0 Å². The van der Waals surface area contributed by atoms with Crippen LogP contribution in [0, 0.1) is 12.8 Å². The zero-order valence-electron chi connectivity index (χ0n) is 22.4. The number of aliphatic hydroxyl groups is 1. The van der Waals surface area contributed by atoms with Crippen LogP contribution in [0.1, 0.15) is 69.3 Å². The third kappa shape index (κ3) is 5.66. The molecule has 2 aliphatic rings. The molecule has 2 aromatic heterocycles. The van der Waals surface area contributed by atoms with Gasteiger partial charge in [-0.3, -0.25) is 9.48 Å². The lowest BCUT2D eigenvalue weighted by molar-refractivity contribution is -0.139. The number of aliphatic hydroxyl groups excluding tert-OH is 1. The van der Waals surface area contributed by atoms with Crippen molar-refractivity contribution in [2.24, 2.45) is 5.92 Å². The quantitative estimate of drug-likeness (QED) is 0.449. The third-order valence-electron chi connectivity index (χ3n) is 7.95. The molecule has 5 rings (SSSR count). The Morgan fingerprint density at radius 2 is 2.00 bits per heavy atom. The Bertz CT molecular complexity index is 1210. The van der Waals surface area contributed by atoms with Gasteiger partial charge in [0.2, 0.25) is 5.91 Å². The van der Waals surface area contributed by atoms with E-state index in [1.807, 2.05) is 28.2 Å². The fourth-order valence-corrected chi connectivity index (χ4v) is 6.24. The highest BCUT2D eigenvalue weighted by Crippen LogP contribution is 2.39. The smallest absolute Gasteiger partial charge is 0.248 e. The molecule has 198 valence electrons. The largest absolute Gasteiger partial charge is 0.391 e. The van der Waals surface area contributed by atoms with Crippen LogP contribution < -0.4 is 5.32 Å². The van der Waals surface area contributed by atoms with Crippen LogP contribution in [0.2, 0.25) is 0 Å². The monoisotopic (exact) mass is 521 g/mol. The molecule has 3 unspecified atom stereocenters. The van der Waals surface area contributed by atoms with Gasteiger partial charge in [-0.05, 0) is 54.2 Å². The second-order valence-corrected chi connectivity index (χ2v) is 12.6. The number of hydrogen-bond donors (Lipinski definition) is 2. The SMILES string of the molecule is Cc1ncsc1-c1ccc(CNCC2CC(O)CN2C(=O)C(C2CCC2)n2cc(C(C)(C)C)cn2)cc1. The molecule has 3 heterocycles. The van der Waals surface area contributed by atoms with E-state index < -0.39 is 6.10 Å². The van der Waals surface area contributed by atoms with E-state index >= 15 is 0 Å². The Morgan fingerprint density at radius 1 is 1.24 bits per heavy atom. The summed E-state index contributed by atoms with van der Waals surface area (Å²) in [6, 6.07) is 8.26. The minimum atomic E-state index is -0.484. The van der Waals surface area contributed by atoms with Crippen LogP contribution >= 0.6 is 11.3 Å². The molecule has 1 amide bonds. The number of amides is 1. The Labute approximate surface area is 223 Å². The Hall–Kier alpha value is -2.55. The number of thiazole rings is 1. The first-order valence-electron chi connectivity index (χ1n) is 13.4. The van der Waals surface area contributed by atoms with Gasteiger partial charge in [0.15, 0.2) is 0 Å². The number of benzene rings is 1. The van der Waals surface area contributed by atoms with Gasteiger partial charge in [0, 0.05) is 31.9 Å². The Balaban J connectivity index is 1.24. The molecule has 37 heavy (non-hydrogen) atoms. The van der Waals surface area contributed by atoms with Gasteiger partial charge in [-0.1, -0.05) is 51.5 Å². The number of rotatable bonds is 8. The number of nitrogens with zero attached hydrogens (tertiary/aromatic N) is 4. The maximum atomic E-state index is 13.9. The molecule has 2 N–H and O–H groups in total. The molecule has 7 nitrogen and oxygen atoms in total. The molecule has 3 atom stereocenters. The predicted octanol–water partition coefficient (Wildman–Crippen LogP) is 4.71. The van der Waals surface area contributed by atoms with Crippen molar-refractivity contribution in [1.29, 1.82) is 0 Å². The number of carbonyl (C=O) groups excluding carboxylic acids is 1. The number of aromatic nitrogens is 3. The molecular weight excluding hydrogens is 482 g/mol. The number of carbonyl (C=O) groups is 1. The first kappa shape index (κ1) is 26.1. The molecule has 0 bridgehead atoms. The topological polar surface area (TPSA) is 83.3 Å². The van der Waals surface area contributed by atoms with Crippen molar-refractivity contribution in [3.05, 3.63) is 59.0 Å². The van der Waals surface area contributed by atoms with Crippen LogP contribution in [-0.4, -0.2) is 55.9 Å². The first-order chi connectivity index (χ1) is 17.7. The molecule has 1 saturated heterocycles. The molecule has 8 heteroatoms. The number of nitrogens with one attached hydrogen (secondary N) is 1. The van der Waals surface area contributed by atoms with E-state index in [1.54, 1.807) is 11.3 Å². The lowest BCUT2D eigenvalue weighted by Gasteiger charge is -2.37. The third-order valence-corrected chi connectivity index (χ3v) is 8.93. The number of hydrogen-bond acceptors (Lipinski definition) is 6. The van der Waals surface area contributed by atoms with Crippen LogP contribution in [0.15, 0.2) is 42.2 Å². The summed E-state index contributed by atoms with van der Waals surface area (Å²) >= 11 is 1.66. The predicted molar refractivity (Wildman–Crippen MR) is 147 cm³/mol. The van der Waals surface area contributed by atoms with Crippen LogP contribution in [0.25, 0.3) is 10.4 Å². The van der Waals surface area contributed by atoms with Crippen molar-refractivity contribution in [3.8, 4) is 10.4 Å². The van der Waals surface area contributed by atoms with Crippen molar-refractivity contribution in [2.45, 2.75) is 83.5 Å². The highest BCUT2D eigenvalue weighted by Gasteiger charge is 2.42. The molecule has 0 spiro atoms. The zero-order valence-corrected chi connectivity index (χ0v) is 23.2. The van der Waals surface area contributed by atoms with E-state index in [4.69, 9.17) is 0 Å². The van der Waals surface area contributed by atoms with Crippen LogP contribution in [-0.2, 0) is 16.8 Å². The average Bonchev–Trinajstić information content (AvgIpc) is 3.56. The van der Waals surface area contributed by atoms with E-state index in [1.165, 1.54) is 16.0 Å². The molecule has 0 radical (unpaired) electrons. The highest BCUT2D eigenvalue weighted by molar-refractivity contribution is 7.13. The summed E-state index contributed by atoms with van der Waals surface area (Å²) in [5.41, 5.74) is 6.45. The second-order valence-electron chi connectivity index (χ2n) is 11.7. The fourth-order valence-electron chi connectivity index (χ4n) is 5.43. The number of likely N-dealkylation sites (tertiary alicyclic amines) is 1. The summed E-state index contributed by atoms with van der Waals surface area (Å²) in [7, 11) is 0. The van der Waals surface area contributed by atoms with Crippen LogP contribution in [0.3, 0.4) is 0 Å². The van der Waals surface area contributed by atoms with Gasteiger partial charge in [0.05, 0.1) is 28.4 Å². The van der Waals surface area contributed by atoms with Crippen molar-refractivity contribution < 1.29 is 9.90 Å². The van der Waals surface area contributed by atoms with Crippen LogP contribution in [0.5, 0.6) is 0 Å². The molecule has 1 aliphatic carbocycles. The summed E-state index contributed by atoms with van der Waals surface area (Å²) in [5.74, 6) is 0.410. The normalized spacial score (nSPS) is 21.3. The minimum Gasteiger partial charge on any atom is -0.391 e. The van der Waals surface area contributed by atoms with Gasteiger partial charge in [-0.2, -0.15) is 5.10 Å². The van der Waals surface area contributed by atoms with Crippen molar-refractivity contribution in [3.63, 3.8) is 0 Å². The van der Waals surface area contributed by atoms with Gasteiger partial charge in [-0.15, -0.1) is 11.3 Å². The molecule has 1 aliphatic heterocycles. The summed E-state index contributed by atoms with van der Waals surface area (Å²) in [5, 5.41) is 18.7. The Kier molecular flexibility index (Phi) is 7.52. The second kappa shape index (κ2) is 10.7. The van der Waals surface area contributed by atoms with E-state index in [0.29, 0.717) is 25.4 Å². The van der Waals surface area contributed by atoms with Gasteiger partial charge < -0.3 is 15.3 Å². The lowest BCUT2D eigenvalue weighted by atomic mass is 9.79. The van der Waals surface area contributed by atoms with E-state index in [0.717, 1.165) is 37.1 Å². The molecule has 1 saturated carbocycles. The van der Waals surface area contributed by atoms with Gasteiger partial charge >= 0.3 is 0 Å². The van der Waals surface area contributed by atoms with Gasteiger partial charge in [0.25, 0.3) is 0 Å². The number of aryl methyl sites for hydroxylation is 1. The molecular formula is C29H39N5O2S. The standard InChI is InChI=1S/C29H39N5O2S/c1-19-27(37-18-31-19)22-10-8-20(9-11-22)13-30-15-24-12-25(35)17-33(24)28(36)26(21-6-5-7-21)34-16-23(14-32-34)29(2,3)4/h8-11,14,16,18,21,24-26,30,35H,5-7,12-13,15,17H2,1-4H3. The van der Waals surface area contributed by atoms with Gasteiger partial charge in [-0.25, -0.2) is 4.98 Å². The summed E-state index contributed by atoms with van der Waals surface area (Å²) in [6.45, 7) is 10.3. The Morgan fingerprint density at radius 3 is 2.59 bits per heavy atom. The maximum absolute atomic E-state index is 13.9. The lowest BCUT2D eigenvalue weighted by Crippen LogP contribution is -2.47. The van der Waals surface area contributed by atoms with E-state index in [2.05, 4.69) is 66.6 Å². The summed E-state index contributed by atoms with van der Waals surface area (Å²) < 4.78 is 1.90. The molecule has 1 aromatic carbocycles.